The summed E-state index contributed by atoms with van der Waals surface area (Å²) in [5.41, 5.74) is 2.86. The third-order valence-electron chi connectivity index (χ3n) is 4.37. The second-order valence-corrected chi connectivity index (χ2v) is 6.49. The molecule has 0 unspecified atom stereocenters. The van der Waals surface area contributed by atoms with Gasteiger partial charge in [-0.1, -0.05) is 31.6 Å². The zero-order valence-electron chi connectivity index (χ0n) is 18.7. The van der Waals surface area contributed by atoms with Crippen molar-refractivity contribution in [1.82, 2.24) is 15.2 Å². The number of aryl methyl sites for hydroxylation is 2. The Morgan fingerprint density at radius 3 is 2.69 bits per heavy atom. The van der Waals surface area contributed by atoms with Crippen LogP contribution in [0.25, 0.3) is 11.0 Å². The fourth-order valence-corrected chi connectivity index (χ4v) is 2.88. The summed E-state index contributed by atoms with van der Waals surface area (Å²) in [6.07, 6.45) is 1.25. The molecule has 10 heteroatoms. The molecule has 0 spiro atoms. The minimum atomic E-state index is -0.708. The lowest BCUT2D eigenvalue weighted by Gasteiger charge is -2.16. The van der Waals surface area contributed by atoms with Gasteiger partial charge in [-0.15, -0.1) is 0 Å². The molecule has 3 aromatic rings. The number of nitrogens with one attached hydrogen (secondary N) is 2. The van der Waals surface area contributed by atoms with Gasteiger partial charge in [-0.05, 0) is 31.5 Å². The first-order valence-electron chi connectivity index (χ1n) is 10.0. The van der Waals surface area contributed by atoms with Crippen LogP contribution in [0.15, 0.2) is 40.4 Å². The molecular weight excluding hydrogens is 419 g/mol. The van der Waals surface area contributed by atoms with Gasteiger partial charge in [0, 0.05) is 7.05 Å². The van der Waals surface area contributed by atoms with E-state index in [9.17, 15) is 14.0 Å². The maximum atomic E-state index is 14.4. The summed E-state index contributed by atoms with van der Waals surface area (Å²) < 4.78 is 25.8. The van der Waals surface area contributed by atoms with E-state index in [1.54, 1.807) is 19.9 Å². The number of benzene rings is 1. The van der Waals surface area contributed by atoms with Gasteiger partial charge in [-0.25, -0.2) is 9.87 Å². The lowest BCUT2D eigenvalue weighted by molar-refractivity contribution is 0.0145. The number of nitrogens with zero attached hydrogens (tertiary/aromatic N) is 2. The van der Waals surface area contributed by atoms with Crippen molar-refractivity contribution >= 4 is 28.4 Å². The molecule has 0 saturated carbocycles. The Hall–Kier alpha value is -3.66. The van der Waals surface area contributed by atoms with Gasteiger partial charge in [0.25, 0.3) is 11.5 Å². The van der Waals surface area contributed by atoms with E-state index < -0.39 is 17.3 Å². The van der Waals surface area contributed by atoms with Crippen molar-refractivity contribution in [2.75, 3.05) is 18.5 Å². The number of pyridine rings is 1. The van der Waals surface area contributed by atoms with E-state index in [-0.39, 0.29) is 41.3 Å². The Morgan fingerprint density at radius 1 is 1.31 bits per heavy atom. The van der Waals surface area contributed by atoms with Crippen LogP contribution in [0.3, 0.4) is 0 Å². The Bertz CT molecular complexity index is 1170. The van der Waals surface area contributed by atoms with Crippen LogP contribution in [0.1, 0.15) is 35.5 Å². The summed E-state index contributed by atoms with van der Waals surface area (Å²) in [4.78, 5) is 30.8. The number of anilines is 2. The van der Waals surface area contributed by atoms with E-state index in [1.165, 1.54) is 30.0 Å². The van der Waals surface area contributed by atoms with Gasteiger partial charge in [-0.2, -0.15) is 0 Å². The first-order valence-corrected chi connectivity index (χ1v) is 10.0. The third-order valence-corrected chi connectivity index (χ3v) is 4.37. The van der Waals surface area contributed by atoms with Crippen LogP contribution in [0, 0.1) is 19.7 Å². The molecule has 1 amide bonds. The minimum Gasteiger partial charge on any atom is -0.499 e. The molecule has 2 N–H and O–H groups in total. The van der Waals surface area contributed by atoms with E-state index in [2.05, 4.69) is 22.5 Å². The SMILES string of the molecule is C=COCCONC(=O)c1c(Nc2ccc(C)cc2F)n(C)c(=O)c2c(C)noc12.CC. The quantitative estimate of drug-likeness (QED) is 0.307. The Morgan fingerprint density at radius 2 is 2.03 bits per heavy atom. The largest absolute Gasteiger partial charge is 0.499 e. The summed E-state index contributed by atoms with van der Waals surface area (Å²) in [5.74, 6) is -1.23. The monoisotopic (exact) mass is 446 g/mol. The zero-order valence-corrected chi connectivity index (χ0v) is 18.7. The predicted molar refractivity (Wildman–Crippen MR) is 119 cm³/mol. The molecule has 2 heterocycles. The number of halogens is 1. The maximum Gasteiger partial charge on any atom is 0.282 e. The highest BCUT2D eigenvalue weighted by Gasteiger charge is 2.26. The lowest BCUT2D eigenvalue weighted by atomic mass is 10.1. The first kappa shape index (κ1) is 24.6. The molecule has 9 nitrogen and oxygen atoms in total. The number of fused-ring (bicyclic) bond motifs is 1. The average molecular weight is 446 g/mol. The molecule has 0 aliphatic heterocycles. The summed E-state index contributed by atoms with van der Waals surface area (Å²) in [6.45, 7) is 11.0. The van der Waals surface area contributed by atoms with E-state index in [0.29, 0.717) is 5.69 Å². The summed E-state index contributed by atoms with van der Waals surface area (Å²) in [6, 6.07) is 4.54. The fourth-order valence-electron chi connectivity index (χ4n) is 2.88. The topological polar surface area (TPSA) is 108 Å². The van der Waals surface area contributed by atoms with Gasteiger partial charge >= 0.3 is 0 Å². The maximum absolute atomic E-state index is 14.4. The van der Waals surface area contributed by atoms with E-state index >= 15 is 0 Å². The smallest absolute Gasteiger partial charge is 0.282 e. The van der Waals surface area contributed by atoms with Crippen LogP contribution in [0.2, 0.25) is 0 Å². The Balaban J connectivity index is 0.00000176. The number of hydrogen-bond donors (Lipinski definition) is 2. The molecule has 1 aromatic carbocycles. The number of rotatable bonds is 8. The molecule has 0 fully saturated rings. The number of carbonyl (C=O) groups excluding carboxylic acids is 1. The van der Waals surface area contributed by atoms with E-state index in [1.807, 2.05) is 13.8 Å². The van der Waals surface area contributed by atoms with Gasteiger partial charge < -0.3 is 14.6 Å². The van der Waals surface area contributed by atoms with Gasteiger partial charge in [0.05, 0.1) is 17.6 Å². The van der Waals surface area contributed by atoms with Crippen LogP contribution in [-0.2, 0) is 16.6 Å². The highest BCUT2D eigenvalue weighted by Crippen LogP contribution is 2.29. The van der Waals surface area contributed by atoms with Gasteiger partial charge in [-0.3, -0.25) is 19.0 Å². The van der Waals surface area contributed by atoms with Crippen LogP contribution < -0.4 is 16.4 Å². The third kappa shape index (κ3) is 5.14. The molecule has 172 valence electrons. The van der Waals surface area contributed by atoms with Crippen molar-refractivity contribution in [3.63, 3.8) is 0 Å². The molecule has 0 saturated heterocycles. The molecule has 3 rings (SSSR count). The molecule has 0 aliphatic rings. The molecule has 2 aromatic heterocycles. The Labute approximate surface area is 184 Å². The number of amides is 1. The van der Waals surface area contributed by atoms with Crippen LogP contribution in [0.4, 0.5) is 15.9 Å². The van der Waals surface area contributed by atoms with Crippen LogP contribution in [-0.4, -0.2) is 28.8 Å². The summed E-state index contributed by atoms with van der Waals surface area (Å²) in [5, 5.41) is 6.76. The molecule has 0 atom stereocenters. The number of carbonyl (C=O) groups is 1. The van der Waals surface area contributed by atoms with Crippen molar-refractivity contribution < 1.29 is 23.3 Å². The van der Waals surface area contributed by atoms with Gasteiger partial charge in [0.2, 0.25) is 0 Å². The van der Waals surface area contributed by atoms with Gasteiger partial charge in [0.1, 0.15) is 35.8 Å². The van der Waals surface area contributed by atoms with Crippen molar-refractivity contribution in [2.24, 2.45) is 7.05 Å². The van der Waals surface area contributed by atoms with Gasteiger partial charge in [0.15, 0.2) is 5.58 Å². The molecule has 0 bridgehead atoms. The van der Waals surface area contributed by atoms with E-state index in [4.69, 9.17) is 14.1 Å². The second-order valence-electron chi connectivity index (χ2n) is 6.49. The molecular formula is C22H27FN4O5. The number of ether oxygens (including phenoxy) is 1. The Kier molecular flexibility index (Phi) is 8.54. The predicted octanol–water partition coefficient (Wildman–Crippen LogP) is 3.87. The van der Waals surface area contributed by atoms with Crippen molar-refractivity contribution in [2.45, 2.75) is 27.7 Å². The molecule has 0 radical (unpaired) electrons. The highest BCUT2D eigenvalue weighted by molar-refractivity contribution is 6.09. The molecule has 0 aliphatic carbocycles. The van der Waals surface area contributed by atoms with Crippen molar-refractivity contribution in [1.29, 1.82) is 0 Å². The molecule has 32 heavy (non-hydrogen) atoms. The normalized spacial score (nSPS) is 10.3. The minimum absolute atomic E-state index is 0.0230. The van der Waals surface area contributed by atoms with Crippen LogP contribution >= 0.6 is 0 Å². The van der Waals surface area contributed by atoms with Crippen molar-refractivity contribution in [3.8, 4) is 0 Å². The lowest BCUT2D eigenvalue weighted by Crippen LogP contribution is -2.30. The summed E-state index contributed by atoms with van der Waals surface area (Å²) in [7, 11) is 1.46. The van der Waals surface area contributed by atoms with E-state index in [0.717, 1.165) is 5.56 Å². The fraction of sp³-hybridized carbons (Fsp3) is 0.318. The summed E-state index contributed by atoms with van der Waals surface area (Å²) >= 11 is 0. The van der Waals surface area contributed by atoms with Crippen LogP contribution in [0.5, 0.6) is 0 Å². The highest BCUT2D eigenvalue weighted by atomic mass is 19.1. The van der Waals surface area contributed by atoms with Crippen molar-refractivity contribution in [3.05, 3.63) is 64.0 Å². The number of hydrogen-bond acceptors (Lipinski definition) is 7. The first-order chi connectivity index (χ1) is 15.3. The zero-order chi connectivity index (χ0) is 23.8. The number of hydroxylamine groups is 1. The second kappa shape index (κ2) is 11.1. The average Bonchev–Trinajstić information content (AvgIpc) is 3.16. The number of aromatic nitrogens is 2. The standard InChI is InChI=1S/C20H21FN4O5.C2H6/c1-5-28-8-9-29-24-19(26)16-17-15(12(3)23-30-17)20(27)25(4)18(16)22-14-7-6-11(2)10-13(14)21;1-2/h5-7,10,22H,1,8-9H2,2-4H3,(H,24,26);1-2H3.